The number of benzene rings is 1. The van der Waals surface area contributed by atoms with Gasteiger partial charge in [-0.25, -0.2) is 13.9 Å². The van der Waals surface area contributed by atoms with Gasteiger partial charge < -0.3 is 15.4 Å². The third kappa shape index (κ3) is 2.33. The number of ether oxygens (including phenoxy) is 1. The fraction of sp³-hybridized carbons (Fsp3) is 0.294. The van der Waals surface area contributed by atoms with Crippen LogP contribution in [0, 0.1) is 5.82 Å². The van der Waals surface area contributed by atoms with Gasteiger partial charge in [-0.1, -0.05) is 0 Å². The zero-order chi connectivity index (χ0) is 16.7. The molecule has 0 amide bonds. The van der Waals surface area contributed by atoms with Crippen molar-refractivity contribution in [1.29, 1.82) is 0 Å². The van der Waals surface area contributed by atoms with Crippen molar-refractivity contribution >= 4 is 17.2 Å². The molecular weight excluding hydrogens is 309 g/mol. The highest BCUT2D eigenvalue weighted by molar-refractivity contribution is 5.65. The minimum Gasteiger partial charge on any atom is -0.496 e. The van der Waals surface area contributed by atoms with E-state index in [1.54, 1.807) is 30.0 Å². The molecule has 1 unspecified atom stereocenters. The average Bonchev–Trinajstić information content (AvgIpc) is 3.22. The Morgan fingerprint density at radius 1 is 1.33 bits per heavy atom. The molecule has 6 nitrogen and oxygen atoms in total. The summed E-state index contributed by atoms with van der Waals surface area (Å²) in [6.07, 6.45) is 5.35. The summed E-state index contributed by atoms with van der Waals surface area (Å²) in [5.41, 5.74) is 7.93. The van der Waals surface area contributed by atoms with Gasteiger partial charge in [-0.15, -0.1) is 0 Å². The van der Waals surface area contributed by atoms with Gasteiger partial charge in [0.1, 0.15) is 17.4 Å². The van der Waals surface area contributed by atoms with E-state index in [1.165, 1.54) is 6.07 Å². The van der Waals surface area contributed by atoms with Crippen molar-refractivity contribution in [3.8, 4) is 5.75 Å². The van der Waals surface area contributed by atoms with Gasteiger partial charge >= 0.3 is 0 Å². The Balaban J connectivity index is 1.76. The predicted octanol–water partition coefficient (Wildman–Crippen LogP) is 2.80. The van der Waals surface area contributed by atoms with Crippen molar-refractivity contribution in [1.82, 2.24) is 14.6 Å². The zero-order valence-corrected chi connectivity index (χ0v) is 13.3. The normalized spacial score (nSPS) is 17.6. The third-order valence-electron chi connectivity index (χ3n) is 4.48. The monoisotopic (exact) mass is 327 g/mol. The van der Waals surface area contributed by atoms with Gasteiger partial charge in [-0.2, -0.15) is 5.10 Å². The molecule has 1 saturated heterocycles. The van der Waals surface area contributed by atoms with Gasteiger partial charge in [0.2, 0.25) is 0 Å². The molecule has 0 bridgehead atoms. The highest BCUT2D eigenvalue weighted by Gasteiger charge is 2.30. The molecule has 124 valence electrons. The van der Waals surface area contributed by atoms with Crippen LogP contribution in [0.15, 0.2) is 36.7 Å². The number of nitrogens with two attached hydrogens (primary N) is 1. The average molecular weight is 327 g/mol. The van der Waals surface area contributed by atoms with Crippen molar-refractivity contribution in [2.24, 2.45) is 0 Å². The van der Waals surface area contributed by atoms with E-state index in [1.807, 2.05) is 12.3 Å². The van der Waals surface area contributed by atoms with Crippen molar-refractivity contribution in [2.45, 2.75) is 18.9 Å². The van der Waals surface area contributed by atoms with Crippen molar-refractivity contribution < 1.29 is 9.13 Å². The Morgan fingerprint density at radius 2 is 2.21 bits per heavy atom. The summed E-state index contributed by atoms with van der Waals surface area (Å²) in [7, 11) is 1.60. The number of rotatable bonds is 3. The highest BCUT2D eigenvalue weighted by atomic mass is 19.1. The number of hydrogen-bond donors (Lipinski definition) is 1. The second-order valence-electron chi connectivity index (χ2n) is 5.89. The van der Waals surface area contributed by atoms with Gasteiger partial charge in [0.25, 0.3) is 0 Å². The maximum Gasteiger partial charge on any atom is 0.180 e. The molecule has 3 heterocycles. The van der Waals surface area contributed by atoms with E-state index in [2.05, 4.69) is 15.0 Å². The molecule has 7 heteroatoms. The number of fused-ring (bicyclic) bond motifs is 1. The Bertz CT molecular complexity index is 894. The highest BCUT2D eigenvalue weighted by Crippen LogP contribution is 2.39. The third-order valence-corrected chi connectivity index (χ3v) is 4.48. The van der Waals surface area contributed by atoms with E-state index in [-0.39, 0.29) is 11.9 Å². The molecule has 1 atom stereocenters. The molecule has 1 aliphatic rings. The van der Waals surface area contributed by atoms with Gasteiger partial charge in [-0.05, 0) is 37.1 Å². The predicted molar refractivity (Wildman–Crippen MR) is 89.7 cm³/mol. The van der Waals surface area contributed by atoms with Crippen LogP contribution in [0.25, 0.3) is 5.65 Å². The quantitative estimate of drug-likeness (QED) is 0.801. The molecule has 24 heavy (non-hydrogen) atoms. The van der Waals surface area contributed by atoms with Crippen LogP contribution in [0.5, 0.6) is 5.75 Å². The molecule has 0 aliphatic carbocycles. The number of nitrogens with zero attached hydrogens (tertiary/aromatic N) is 4. The first-order chi connectivity index (χ1) is 11.7. The molecule has 1 fully saturated rings. The number of methoxy groups -OCH3 is 1. The molecule has 4 rings (SSSR count). The van der Waals surface area contributed by atoms with E-state index >= 15 is 0 Å². The molecule has 2 N–H and O–H groups in total. The summed E-state index contributed by atoms with van der Waals surface area (Å²) >= 11 is 0. The van der Waals surface area contributed by atoms with Crippen LogP contribution in [0.1, 0.15) is 24.4 Å². The van der Waals surface area contributed by atoms with Crippen LogP contribution in [0.2, 0.25) is 0 Å². The lowest BCUT2D eigenvalue weighted by atomic mass is 10.0. The van der Waals surface area contributed by atoms with Crippen LogP contribution < -0.4 is 15.4 Å². The molecule has 1 aliphatic heterocycles. The minimum absolute atomic E-state index is 0.0229. The number of anilines is 2. The van der Waals surface area contributed by atoms with Gasteiger partial charge in [0.05, 0.1) is 25.0 Å². The Kier molecular flexibility index (Phi) is 3.48. The Morgan fingerprint density at radius 3 is 3.04 bits per heavy atom. The van der Waals surface area contributed by atoms with Crippen LogP contribution >= 0.6 is 0 Å². The summed E-state index contributed by atoms with van der Waals surface area (Å²) in [6.45, 7) is 0.849. The van der Waals surface area contributed by atoms with Gasteiger partial charge in [0.15, 0.2) is 5.65 Å². The maximum absolute atomic E-state index is 13.8. The zero-order valence-electron chi connectivity index (χ0n) is 13.3. The fourth-order valence-electron chi connectivity index (χ4n) is 3.37. The number of halogens is 1. The maximum atomic E-state index is 13.8. The standard InChI is InChI=1S/C17H18FN5O/c1-24-15-5-4-11(18)9-12(15)14-3-2-7-22(14)16-6-8-23-17(21-16)13(19)10-20-23/h4-6,8-10,14H,2-3,7,19H2,1H3. The first-order valence-electron chi connectivity index (χ1n) is 7.87. The number of hydrogen-bond acceptors (Lipinski definition) is 5. The first kappa shape index (κ1) is 14.7. The smallest absolute Gasteiger partial charge is 0.180 e. The van der Waals surface area contributed by atoms with Crippen LogP contribution in [0.3, 0.4) is 0 Å². The molecule has 2 aromatic heterocycles. The lowest BCUT2D eigenvalue weighted by Gasteiger charge is -2.27. The van der Waals surface area contributed by atoms with Crippen LogP contribution in [-0.4, -0.2) is 28.3 Å². The summed E-state index contributed by atoms with van der Waals surface area (Å²) in [6, 6.07) is 6.57. The summed E-state index contributed by atoms with van der Waals surface area (Å²) in [5, 5.41) is 4.14. The van der Waals surface area contributed by atoms with E-state index < -0.39 is 0 Å². The minimum atomic E-state index is -0.263. The van der Waals surface area contributed by atoms with E-state index in [0.29, 0.717) is 17.1 Å². The van der Waals surface area contributed by atoms with E-state index in [0.717, 1.165) is 30.8 Å². The topological polar surface area (TPSA) is 68.7 Å². The largest absolute Gasteiger partial charge is 0.496 e. The summed E-state index contributed by atoms with van der Waals surface area (Å²) in [5.74, 6) is 1.24. The first-order valence-corrected chi connectivity index (χ1v) is 7.87. The Hall–Kier alpha value is -2.83. The van der Waals surface area contributed by atoms with Crippen molar-refractivity contribution in [2.75, 3.05) is 24.3 Å². The van der Waals surface area contributed by atoms with Crippen molar-refractivity contribution in [3.05, 3.63) is 48.0 Å². The molecule has 3 aromatic rings. The van der Waals surface area contributed by atoms with E-state index in [9.17, 15) is 4.39 Å². The molecule has 0 spiro atoms. The molecule has 0 radical (unpaired) electrons. The summed E-state index contributed by atoms with van der Waals surface area (Å²) < 4.78 is 20.8. The van der Waals surface area contributed by atoms with Crippen molar-refractivity contribution in [3.63, 3.8) is 0 Å². The van der Waals surface area contributed by atoms with Crippen LogP contribution in [0.4, 0.5) is 15.9 Å². The van der Waals surface area contributed by atoms with Gasteiger partial charge in [-0.3, -0.25) is 0 Å². The molecule has 1 aromatic carbocycles. The summed E-state index contributed by atoms with van der Waals surface area (Å²) in [4.78, 5) is 6.81. The second-order valence-corrected chi connectivity index (χ2v) is 5.89. The number of aromatic nitrogens is 3. The fourth-order valence-corrected chi connectivity index (χ4v) is 3.37. The lowest BCUT2D eigenvalue weighted by Crippen LogP contribution is -2.24. The molecule has 0 saturated carbocycles. The Labute approximate surface area is 138 Å². The van der Waals surface area contributed by atoms with E-state index in [4.69, 9.17) is 10.5 Å². The second kappa shape index (κ2) is 5.67. The molecular formula is C17H18FN5O. The lowest BCUT2D eigenvalue weighted by molar-refractivity contribution is 0.404. The van der Waals surface area contributed by atoms with Gasteiger partial charge in [0, 0.05) is 18.3 Å². The SMILES string of the molecule is COc1ccc(F)cc1C1CCCN1c1ccn2ncc(N)c2n1. The van der Waals surface area contributed by atoms with Crippen LogP contribution in [-0.2, 0) is 0 Å². The number of nitrogen functional groups attached to an aromatic ring is 1.